The standard InChI is InChI=1S/C29H30N6O6S/c1-29(2,3)41-28(38)35(20-26(36)37)24-9-6-8-23(33-24)19-34(42(39,40)25-10-4-5-15-30-25)18-21-11-13-22(14-12-21)27-31-16-7-17-32-27/h4-17H,18-20H2,1-3H3,(H,36,37). The predicted molar refractivity (Wildman–Crippen MR) is 154 cm³/mol. The lowest BCUT2D eigenvalue weighted by Crippen LogP contribution is -2.40. The smallest absolute Gasteiger partial charge is 0.416 e. The summed E-state index contributed by atoms with van der Waals surface area (Å²) in [6.45, 7) is 4.07. The number of carbonyl (C=O) groups excluding carboxylic acids is 1. The zero-order chi connectivity index (χ0) is 30.3. The third-order valence-corrected chi connectivity index (χ3v) is 7.40. The third-order valence-electron chi connectivity index (χ3n) is 5.69. The van der Waals surface area contributed by atoms with Crippen molar-refractivity contribution in [3.63, 3.8) is 0 Å². The van der Waals surface area contributed by atoms with Crippen LogP contribution in [0, 0.1) is 0 Å². The summed E-state index contributed by atoms with van der Waals surface area (Å²) in [5.41, 5.74) is 0.863. The minimum Gasteiger partial charge on any atom is -0.480 e. The van der Waals surface area contributed by atoms with Crippen LogP contribution in [0.1, 0.15) is 32.0 Å². The fourth-order valence-electron chi connectivity index (χ4n) is 3.85. The number of hydrogen-bond donors (Lipinski definition) is 1. The number of ether oxygens (including phenoxy) is 1. The minimum atomic E-state index is -4.09. The van der Waals surface area contributed by atoms with Crippen molar-refractivity contribution in [1.82, 2.24) is 24.2 Å². The zero-order valence-electron chi connectivity index (χ0n) is 23.3. The predicted octanol–water partition coefficient (Wildman–Crippen LogP) is 4.15. The molecule has 0 aliphatic heterocycles. The van der Waals surface area contributed by atoms with Crippen molar-refractivity contribution in [2.45, 2.75) is 44.5 Å². The zero-order valence-corrected chi connectivity index (χ0v) is 24.1. The molecule has 1 N–H and O–H groups in total. The van der Waals surface area contributed by atoms with Gasteiger partial charge >= 0.3 is 12.1 Å². The van der Waals surface area contributed by atoms with Gasteiger partial charge in [0.05, 0.1) is 12.2 Å². The topological polar surface area (TPSA) is 156 Å². The van der Waals surface area contributed by atoms with E-state index in [1.165, 1.54) is 22.6 Å². The van der Waals surface area contributed by atoms with Crippen LogP contribution >= 0.6 is 0 Å². The highest BCUT2D eigenvalue weighted by Crippen LogP contribution is 2.23. The lowest BCUT2D eigenvalue weighted by atomic mass is 10.1. The first-order valence-corrected chi connectivity index (χ1v) is 14.3. The summed E-state index contributed by atoms with van der Waals surface area (Å²) in [5.74, 6) is -0.720. The largest absolute Gasteiger partial charge is 0.480 e. The molecule has 218 valence electrons. The Morgan fingerprint density at radius 3 is 2.17 bits per heavy atom. The summed E-state index contributed by atoms with van der Waals surface area (Å²) >= 11 is 0. The Morgan fingerprint density at radius 2 is 1.55 bits per heavy atom. The number of pyridine rings is 2. The lowest BCUT2D eigenvalue weighted by Gasteiger charge is -2.26. The lowest BCUT2D eigenvalue weighted by molar-refractivity contribution is -0.135. The van der Waals surface area contributed by atoms with Crippen molar-refractivity contribution >= 4 is 27.9 Å². The second-order valence-corrected chi connectivity index (χ2v) is 12.0. The fourth-order valence-corrected chi connectivity index (χ4v) is 5.18. The van der Waals surface area contributed by atoms with E-state index in [1.807, 2.05) is 0 Å². The van der Waals surface area contributed by atoms with Crippen molar-refractivity contribution in [1.29, 1.82) is 0 Å². The highest BCUT2D eigenvalue weighted by molar-refractivity contribution is 7.89. The maximum atomic E-state index is 13.7. The summed E-state index contributed by atoms with van der Waals surface area (Å²) in [7, 11) is -4.09. The van der Waals surface area contributed by atoms with Crippen molar-refractivity contribution in [3.8, 4) is 11.4 Å². The van der Waals surface area contributed by atoms with E-state index in [0.29, 0.717) is 11.4 Å². The molecule has 1 amide bonds. The van der Waals surface area contributed by atoms with E-state index in [9.17, 15) is 23.1 Å². The van der Waals surface area contributed by atoms with E-state index < -0.39 is 34.2 Å². The highest BCUT2D eigenvalue weighted by atomic mass is 32.2. The molecule has 0 fully saturated rings. The Bertz CT molecular complexity index is 1630. The van der Waals surface area contributed by atoms with Crippen LogP contribution in [0.2, 0.25) is 0 Å². The molecule has 12 nitrogen and oxygen atoms in total. The van der Waals surface area contributed by atoms with Crippen molar-refractivity contribution in [3.05, 3.63) is 96.6 Å². The Hall–Kier alpha value is -4.75. The Labute approximate surface area is 243 Å². The SMILES string of the molecule is CC(C)(C)OC(=O)N(CC(=O)O)c1cccc(CN(Cc2ccc(-c3ncccn3)cc2)S(=O)(=O)c2ccccn2)n1. The Balaban J connectivity index is 1.66. The second-order valence-electron chi connectivity index (χ2n) is 10.2. The van der Waals surface area contributed by atoms with Crippen molar-refractivity contribution < 1.29 is 27.9 Å². The van der Waals surface area contributed by atoms with Crippen LogP contribution in [0.25, 0.3) is 11.4 Å². The van der Waals surface area contributed by atoms with Gasteiger partial charge in [-0.25, -0.2) is 33.1 Å². The molecule has 42 heavy (non-hydrogen) atoms. The molecule has 4 aromatic rings. The minimum absolute atomic E-state index is 0.00606. The average molecular weight is 591 g/mol. The monoisotopic (exact) mass is 590 g/mol. The number of carbonyl (C=O) groups is 2. The Kier molecular flexibility index (Phi) is 9.23. The number of aliphatic carboxylic acids is 1. The number of rotatable bonds is 10. The van der Waals surface area contributed by atoms with E-state index >= 15 is 0 Å². The molecule has 0 aliphatic carbocycles. The molecule has 0 spiro atoms. The molecular formula is C29H30N6O6S. The van der Waals surface area contributed by atoms with Gasteiger partial charge in [0.2, 0.25) is 0 Å². The number of hydrogen-bond acceptors (Lipinski definition) is 9. The average Bonchev–Trinajstić information content (AvgIpc) is 2.96. The second kappa shape index (κ2) is 12.8. The van der Waals surface area contributed by atoms with Gasteiger partial charge in [-0.05, 0) is 56.7 Å². The number of amides is 1. The van der Waals surface area contributed by atoms with Crippen LogP contribution in [-0.4, -0.2) is 62.0 Å². The van der Waals surface area contributed by atoms with Crippen LogP contribution in [0.15, 0.2) is 90.3 Å². The summed E-state index contributed by atoms with van der Waals surface area (Å²) < 4.78 is 34.0. The fraction of sp³-hybridized carbons (Fsp3) is 0.241. The molecule has 4 rings (SSSR count). The molecule has 3 aromatic heterocycles. The molecule has 0 unspecified atom stereocenters. The van der Waals surface area contributed by atoms with Gasteiger partial charge in [0, 0.05) is 30.7 Å². The molecule has 13 heteroatoms. The van der Waals surface area contributed by atoms with Gasteiger partial charge in [-0.3, -0.25) is 9.69 Å². The summed E-state index contributed by atoms with van der Waals surface area (Å²) in [6, 6.07) is 18.1. The van der Waals surface area contributed by atoms with Crippen LogP contribution < -0.4 is 4.90 Å². The molecule has 0 saturated heterocycles. The van der Waals surface area contributed by atoms with Crippen molar-refractivity contribution in [2.75, 3.05) is 11.4 Å². The molecule has 3 heterocycles. The highest BCUT2D eigenvalue weighted by Gasteiger charge is 2.29. The first-order chi connectivity index (χ1) is 19.9. The summed E-state index contributed by atoms with van der Waals surface area (Å²) in [4.78, 5) is 42.2. The first-order valence-electron chi connectivity index (χ1n) is 12.9. The number of nitrogens with zero attached hydrogens (tertiary/aromatic N) is 6. The third kappa shape index (κ3) is 7.92. The summed E-state index contributed by atoms with van der Waals surface area (Å²) in [5, 5.41) is 9.27. The molecule has 0 saturated carbocycles. The quantitative estimate of drug-likeness (QED) is 0.285. The molecule has 1 aromatic carbocycles. The van der Waals surface area contributed by atoms with Gasteiger partial charge < -0.3 is 9.84 Å². The molecule has 0 atom stereocenters. The maximum Gasteiger partial charge on any atom is 0.416 e. The van der Waals surface area contributed by atoms with E-state index in [0.717, 1.165) is 10.5 Å². The summed E-state index contributed by atoms with van der Waals surface area (Å²) in [6.07, 6.45) is 3.77. The molecule has 0 aliphatic rings. The van der Waals surface area contributed by atoms with Gasteiger partial charge in [0.15, 0.2) is 10.9 Å². The van der Waals surface area contributed by atoms with Gasteiger partial charge in [0.25, 0.3) is 10.0 Å². The molecular weight excluding hydrogens is 560 g/mol. The van der Waals surface area contributed by atoms with Crippen LogP contribution in [-0.2, 0) is 32.6 Å². The van der Waals surface area contributed by atoms with Gasteiger partial charge in [-0.1, -0.05) is 36.4 Å². The Morgan fingerprint density at radius 1 is 0.857 bits per heavy atom. The number of carboxylic acid groups (broad SMARTS) is 1. The van der Waals surface area contributed by atoms with E-state index in [-0.39, 0.29) is 29.6 Å². The molecule has 0 radical (unpaired) electrons. The maximum absolute atomic E-state index is 13.7. The number of aromatic nitrogens is 4. The van der Waals surface area contributed by atoms with Gasteiger partial charge in [-0.15, -0.1) is 0 Å². The van der Waals surface area contributed by atoms with E-state index in [1.54, 1.807) is 87.8 Å². The first kappa shape index (κ1) is 30.2. The number of sulfonamides is 1. The van der Waals surface area contributed by atoms with Crippen LogP contribution in [0.4, 0.5) is 10.6 Å². The molecule has 0 bridgehead atoms. The number of anilines is 1. The number of carboxylic acids is 1. The van der Waals surface area contributed by atoms with E-state index in [4.69, 9.17) is 4.74 Å². The van der Waals surface area contributed by atoms with Crippen LogP contribution in [0.5, 0.6) is 0 Å². The van der Waals surface area contributed by atoms with Crippen molar-refractivity contribution in [2.24, 2.45) is 0 Å². The van der Waals surface area contributed by atoms with Gasteiger partial charge in [-0.2, -0.15) is 4.31 Å². The van der Waals surface area contributed by atoms with Gasteiger partial charge in [0.1, 0.15) is 18.0 Å². The van der Waals surface area contributed by atoms with E-state index in [2.05, 4.69) is 19.9 Å². The number of benzene rings is 1. The normalized spacial score (nSPS) is 11.7. The van der Waals surface area contributed by atoms with Crippen LogP contribution in [0.3, 0.4) is 0 Å².